The Morgan fingerprint density at radius 3 is 2.75 bits per heavy atom. The van der Waals surface area contributed by atoms with Gasteiger partial charge in [0.1, 0.15) is 5.82 Å². The largest absolute Gasteiger partial charge is 0.480 e. The highest BCUT2D eigenvalue weighted by Gasteiger charge is 2.11. The van der Waals surface area contributed by atoms with Crippen LogP contribution in [-0.2, 0) is 6.54 Å². The van der Waals surface area contributed by atoms with Gasteiger partial charge in [-0.2, -0.15) is 0 Å². The minimum Gasteiger partial charge on any atom is -0.480 e. The summed E-state index contributed by atoms with van der Waals surface area (Å²) in [6.07, 6.45) is 2.94. The van der Waals surface area contributed by atoms with Crippen molar-refractivity contribution in [2.45, 2.75) is 6.54 Å². The molecule has 102 valence electrons. The van der Waals surface area contributed by atoms with Crippen LogP contribution in [0.1, 0.15) is 5.69 Å². The maximum Gasteiger partial charge on any atom is 0.232 e. The van der Waals surface area contributed by atoms with Gasteiger partial charge in [0.15, 0.2) is 0 Å². The van der Waals surface area contributed by atoms with Gasteiger partial charge >= 0.3 is 0 Å². The molecule has 3 aromatic rings. The van der Waals surface area contributed by atoms with Gasteiger partial charge in [0.2, 0.25) is 5.88 Å². The van der Waals surface area contributed by atoms with Crippen molar-refractivity contribution < 1.29 is 9.13 Å². The molecule has 2 aromatic heterocycles. The third kappa shape index (κ3) is 2.10. The molecule has 0 aliphatic carbocycles. The van der Waals surface area contributed by atoms with Crippen molar-refractivity contribution in [3.05, 3.63) is 42.1 Å². The number of hydrogen-bond donors (Lipinski definition) is 2. The van der Waals surface area contributed by atoms with Crippen LogP contribution in [0.2, 0.25) is 0 Å². The topological polar surface area (TPSA) is 76.8 Å². The lowest BCUT2D eigenvalue weighted by atomic mass is 10.1. The van der Waals surface area contributed by atoms with E-state index < -0.39 is 0 Å². The summed E-state index contributed by atoms with van der Waals surface area (Å²) in [4.78, 5) is 11.3. The molecule has 0 radical (unpaired) electrons. The van der Waals surface area contributed by atoms with Crippen LogP contribution in [-0.4, -0.2) is 22.1 Å². The van der Waals surface area contributed by atoms with Crippen LogP contribution in [0.25, 0.3) is 22.2 Å². The molecule has 0 fully saturated rings. The Labute approximate surface area is 114 Å². The van der Waals surface area contributed by atoms with E-state index in [2.05, 4.69) is 15.0 Å². The molecule has 20 heavy (non-hydrogen) atoms. The molecular formula is C14H13FN4O. The zero-order chi connectivity index (χ0) is 14.1. The number of aromatic nitrogens is 3. The number of halogens is 1. The van der Waals surface area contributed by atoms with E-state index in [0.29, 0.717) is 23.7 Å². The molecule has 0 aliphatic rings. The van der Waals surface area contributed by atoms with Gasteiger partial charge in [-0.3, -0.25) is 0 Å². The summed E-state index contributed by atoms with van der Waals surface area (Å²) in [5.74, 6) is 0.0417. The molecule has 1 aromatic carbocycles. The van der Waals surface area contributed by atoms with Crippen LogP contribution < -0.4 is 10.5 Å². The third-order valence-corrected chi connectivity index (χ3v) is 3.10. The minimum atomic E-state index is -0.348. The normalized spacial score (nSPS) is 10.9. The molecule has 3 N–H and O–H groups in total. The number of hydrogen-bond acceptors (Lipinski definition) is 4. The van der Waals surface area contributed by atoms with Crippen LogP contribution in [0.15, 0.2) is 30.6 Å². The molecule has 0 saturated heterocycles. The average Bonchev–Trinajstić information content (AvgIpc) is 2.88. The molecule has 0 amide bonds. The second kappa shape index (κ2) is 4.90. The van der Waals surface area contributed by atoms with Gasteiger partial charge in [0.05, 0.1) is 25.2 Å². The number of benzene rings is 1. The Balaban J connectivity index is 2.11. The van der Waals surface area contributed by atoms with Crippen molar-refractivity contribution in [3.8, 4) is 17.1 Å². The summed E-state index contributed by atoms with van der Waals surface area (Å²) < 4.78 is 19.1. The zero-order valence-electron chi connectivity index (χ0n) is 10.9. The van der Waals surface area contributed by atoms with Gasteiger partial charge in [0.25, 0.3) is 0 Å². The van der Waals surface area contributed by atoms with E-state index in [0.717, 1.165) is 16.6 Å². The number of aromatic amines is 1. The maximum atomic E-state index is 14.2. The number of methoxy groups -OCH3 is 1. The van der Waals surface area contributed by atoms with E-state index in [4.69, 9.17) is 10.5 Å². The predicted molar refractivity (Wildman–Crippen MR) is 73.7 cm³/mol. The lowest BCUT2D eigenvalue weighted by Gasteiger charge is -2.04. The smallest absolute Gasteiger partial charge is 0.232 e. The summed E-state index contributed by atoms with van der Waals surface area (Å²) in [7, 11) is 1.50. The lowest BCUT2D eigenvalue weighted by molar-refractivity contribution is 0.396. The second-order valence-electron chi connectivity index (χ2n) is 4.36. The van der Waals surface area contributed by atoms with Crippen LogP contribution >= 0.6 is 0 Å². The highest BCUT2D eigenvalue weighted by Crippen LogP contribution is 2.27. The van der Waals surface area contributed by atoms with Crippen molar-refractivity contribution in [2.24, 2.45) is 5.73 Å². The average molecular weight is 272 g/mol. The minimum absolute atomic E-state index is 0.348. The maximum absolute atomic E-state index is 14.2. The Morgan fingerprint density at radius 2 is 2.10 bits per heavy atom. The molecule has 2 heterocycles. The van der Waals surface area contributed by atoms with Crippen LogP contribution in [0, 0.1) is 5.82 Å². The van der Waals surface area contributed by atoms with Gasteiger partial charge in [-0.05, 0) is 18.2 Å². The first-order chi connectivity index (χ1) is 9.71. The fraction of sp³-hybridized carbons (Fsp3) is 0.143. The Morgan fingerprint density at radius 1 is 1.25 bits per heavy atom. The molecule has 0 spiro atoms. The Kier molecular flexibility index (Phi) is 3.08. The fourth-order valence-electron chi connectivity index (χ4n) is 2.08. The number of fused-ring (bicyclic) bond motifs is 1. The molecular weight excluding hydrogens is 259 g/mol. The molecule has 0 unspecified atom stereocenters. The molecule has 0 atom stereocenters. The number of nitrogens with one attached hydrogen (secondary N) is 1. The molecule has 0 saturated carbocycles. The fourth-order valence-corrected chi connectivity index (χ4v) is 2.08. The summed E-state index contributed by atoms with van der Waals surface area (Å²) in [5.41, 5.74) is 8.09. The molecule has 6 heteroatoms. The van der Waals surface area contributed by atoms with Crippen LogP contribution in [0.4, 0.5) is 4.39 Å². The first-order valence-electron chi connectivity index (χ1n) is 6.09. The first-order valence-corrected chi connectivity index (χ1v) is 6.09. The molecule has 0 bridgehead atoms. The monoisotopic (exact) mass is 272 g/mol. The van der Waals surface area contributed by atoms with E-state index >= 15 is 0 Å². The second-order valence-corrected chi connectivity index (χ2v) is 4.36. The number of nitrogens with two attached hydrogens (primary N) is 1. The van der Waals surface area contributed by atoms with Crippen LogP contribution in [0.3, 0.4) is 0 Å². The van der Waals surface area contributed by atoms with E-state index in [9.17, 15) is 4.39 Å². The van der Waals surface area contributed by atoms with Gasteiger partial charge in [-0.1, -0.05) is 0 Å². The zero-order valence-corrected chi connectivity index (χ0v) is 10.9. The first kappa shape index (κ1) is 12.6. The number of ether oxygens (including phenoxy) is 1. The standard InChI is InChI=1S/C14H13FN4O/c1-20-14-7-17-13(6-18-14)10-4-12-8(3-11(10)15)2-9(5-16)19-12/h2-4,6-7,19H,5,16H2,1H3. The van der Waals surface area contributed by atoms with Crippen molar-refractivity contribution in [3.63, 3.8) is 0 Å². The van der Waals surface area contributed by atoms with E-state index in [-0.39, 0.29) is 5.82 Å². The summed E-state index contributed by atoms with van der Waals surface area (Å²) in [5, 5.41) is 0.785. The van der Waals surface area contributed by atoms with Gasteiger partial charge < -0.3 is 15.5 Å². The summed E-state index contributed by atoms with van der Waals surface area (Å²) >= 11 is 0. The van der Waals surface area contributed by atoms with Gasteiger partial charge in [-0.25, -0.2) is 14.4 Å². The van der Waals surface area contributed by atoms with Crippen molar-refractivity contribution >= 4 is 10.9 Å². The predicted octanol–water partition coefficient (Wildman–Crippen LogP) is 2.23. The number of nitrogens with zero attached hydrogens (tertiary/aromatic N) is 2. The molecule has 5 nitrogen and oxygen atoms in total. The van der Waals surface area contributed by atoms with Crippen molar-refractivity contribution in [1.29, 1.82) is 0 Å². The van der Waals surface area contributed by atoms with Gasteiger partial charge in [-0.15, -0.1) is 0 Å². The van der Waals surface area contributed by atoms with Crippen LogP contribution in [0.5, 0.6) is 5.88 Å². The number of H-pyrrole nitrogens is 1. The van der Waals surface area contributed by atoms with Crippen molar-refractivity contribution in [2.75, 3.05) is 7.11 Å². The quantitative estimate of drug-likeness (QED) is 0.766. The molecule has 3 rings (SSSR count). The SMILES string of the molecule is COc1cnc(-c2cc3[nH]c(CN)cc3cc2F)cn1. The van der Waals surface area contributed by atoms with E-state index in [1.165, 1.54) is 25.6 Å². The Bertz CT molecular complexity index is 752. The van der Waals surface area contributed by atoms with E-state index in [1.807, 2.05) is 6.07 Å². The highest BCUT2D eigenvalue weighted by molar-refractivity contribution is 5.85. The summed E-state index contributed by atoms with van der Waals surface area (Å²) in [6, 6.07) is 5.01. The van der Waals surface area contributed by atoms with Gasteiger partial charge in [0, 0.05) is 28.7 Å². The third-order valence-electron chi connectivity index (χ3n) is 3.10. The Hall–Kier alpha value is -2.47. The van der Waals surface area contributed by atoms with Crippen molar-refractivity contribution in [1.82, 2.24) is 15.0 Å². The molecule has 0 aliphatic heterocycles. The summed E-state index contributed by atoms with van der Waals surface area (Å²) in [6.45, 7) is 0.383. The lowest BCUT2D eigenvalue weighted by Crippen LogP contribution is -1.95. The van der Waals surface area contributed by atoms with E-state index in [1.54, 1.807) is 6.07 Å². The highest BCUT2D eigenvalue weighted by atomic mass is 19.1. The number of rotatable bonds is 3.